The van der Waals surface area contributed by atoms with E-state index >= 15 is 0 Å². The van der Waals surface area contributed by atoms with E-state index in [0.717, 1.165) is 25.9 Å². The SMILES string of the molecule is CN1CCC(C)(CN2CC(C(=O)O)CC2=O)CC1. The van der Waals surface area contributed by atoms with Gasteiger partial charge in [-0.15, -0.1) is 0 Å². The fourth-order valence-corrected chi connectivity index (χ4v) is 2.87. The molecule has 0 bridgehead atoms. The largest absolute Gasteiger partial charge is 0.481 e. The number of rotatable bonds is 3. The summed E-state index contributed by atoms with van der Waals surface area (Å²) in [4.78, 5) is 26.8. The summed E-state index contributed by atoms with van der Waals surface area (Å²) in [6.07, 6.45) is 2.32. The Morgan fingerprint density at radius 2 is 2.06 bits per heavy atom. The van der Waals surface area contributed by atoms with Gasteiger partial charge in [-0.05, 0) is 38.4 Å². The number of aliphatic carboxylic acids is 1. The van der Waals surface area contributed by atoms with Crippen LogP contribution in [-0.4, -0.2) is 60.0 Å². The highest BCUT2D eigenvalue weighted by Gasteiger charge is 2.39. The molecule has 2 rings (SSSR count). The van der Waals surface area contributed by atoms with Crippen molar-refractivity contribution in [1.29, 1.82) is 0 Å². The maximum absolute atomic E-state index is 11.8. The molecule has 0 saturated carbocycles. The maximum Gasteiger partial charge on any atom is 0.308 e. The van der Waals surface area contributed by atoms with Crippen LogP contribution in [0.5, 0.6) is 0 Å². The summed E-state index contributed by atoms with van der Waals surface area (Å²) in [6.45, 7) is 5.42. The van der Waals surface area contributed by atoms with Gasteiger partial charge in [0.1, 0.15) is 0 Å². The molecule has 2 aliphatic heterocycles. The van der Waals surface area contributed by atoms with Crippen molar-refractivity contribution in [1.82, 2.24) is 9.80 Å². The number of hydrogen-bond donors (Lipinski definition) is 1. The molecule has 2 heterocycles. The van der Waals surface area contributed by atoms with Crippen LogP contribution in [0.2, 0.25) is 0 Å². The fourth-order valence-electron chi connectivity index (χ4n) is 2.87. The Morgan fingerprint density at radius 3 is 2.56 bits per heavy atom. The lowest BCUT2D eigenvalue weighted by Gasteiger charge is -2.40. The Kier molecular flexibility index (Phi) is 3.61. The summed E-state index contributed by atoms with van der Waals surface area (Å²) in [5.41, 5.74) is 0.148. The monoisotopic (exact) mass is 254 g/mol. The third-order valence-corrected chi connectivity index (χ3v) is 4.33. The van der Waals surface area contributed by atoms with Gasteiger partial charge in [0.25, 0.3) is 0 Å². The van der Waals surface area contributed by atoms with E-state index in [1.54, 1.807) is 4.90 Å². The highest BCUT2D eigenvalue weighted by Crippen LogP contribution is 2.33. The van der Waals surface area contributed by atoms with Gasteiger partial charge in [-0.1, -0.05) is 6.92 Å². The molecule has 5 heteroatoms. The predicted octanol–water partition coefficient (Wildman–Crippen LogP) is 0.651. The Balaban J connectivity index is 1.93. The molecular formula is C13H22N2O3. The lowest BCUT2D eigenvalue weighted by atomic mass is 9.80. The number of hydrogen-bond acceptors (Lipinski definition) is 3. The number of nitrogens with zero attached hydrogens (tertiary/aromatic N) is 2. The molecule has 1 atom stereocenters. The number of amides is 1. The first kappa shape index (κ1) is 13.3. The maximum atomic E-state index is 11.8. The fraction of sp³-hybridized carbons (Fsp3) is 0.846. The van der Waals surface area contributed by atoms with E-state index < -0.39 is 11.9 Å². The molecule has 2 saturated heterocycles. The van der Waals surface area contributed by atoms with Gasteiger partial charge in [-0.3, -0.25) is 9.59 Å². The van der Waals surface area contributed by atoms with Crippen LogP contribution in [0.1, 0.15) is 26.2 Å². The van der Waals surface area contributed by atoms with Crippen LogP contribution in [0.25, 0.3) is 0 Å². The van der Waals surface area contributed by atoms with E-state index in [1.807, 2.05) is 0 Å². The average Bonchev–Trinajstić information content (AvgIpc) is 2.65. The molecule has 0 aromatic heterocycles. The van der Waals surface area contributed by atoms with Crippen molar-refractivity contribution in [2.75, 3.05) is 33.2 Å². The minimum Gasteiger partial charge on any atom is -0.481 e. The lowest BCUT2D eigenvalue weighted by molar-refractivity contribution is -0.141. The van der Waals surface area contributed by atoms with Gasteiger partial charge in [-0.25, -0.2) is 0 Å². The van der Waals surface area contributed by atoms with Crippen LogP contribution in [0, 0.1) is 11.3 Å². The van der Waals surface area contributed by atoms with Gasteiger partial charge in [-0.2, -0.15) is 0 Å². The zero-order chi connectivity index (χ0) is 13.3. The average molecular weight is 254 g/mol. The van der Waals surface area contributed by atoms with Crippen molar-refractivity contribution >= 4 is 11.9 Å². The molecule has 0 aromatic rings. The molecule has 2 aliphatic rings. The van der Waals surface area contributed by atoms with Crippen molar-refractivity contribution in [2.24, 2.45) is 11.3 Å². The topological polar surface area (TPSA) is 60.9 Å². The standard InChI is InChI=1S/C13H22N2O3/c1-13(3-5-14(2)6-4-13)9-15-8-10(12(17)18)7-11(15)16/h10H,3-9H2,1-2H3,(H,17,18). The van der Waals surface area contributed by atoms with E-state index in [2.05, 4.69) is 18.9 Å². The van der Waals surface area contributed by atoms with E-state index in [0.29, 0.717) is 13.1 Å². The van der Waals surface area contributed by atoms with E-state index in [1.165, 1.54) is 0 Å². The Hall–Kier alpha value is -1.10. The highest BCUT2D eigenvalue weighted by molar-refractivity contribution is 5.86. The van der Waals surface area contributed by atoms with Gasteiger partial charge in [0, 0.05) is 19.5 Å². The van der Waals surface area contributed by atoms with Gasteiger partial charge < -0.3 is 14.9 Å². The molecule has 1 N–H and O–H groups in total. The number of piperidine rings is 1. The van der Waals surface area contributed by atoms with Crippen LogP contribution in [0.15, 0.2) is 0 Å². The summed E-state index contributed by atoms with van der Waals surface area (Å²) < 4.78 is 0. The molecule has 102 valence electrons. The smallest absolute Gasteiger partial charge is 0.308 e. The van der Waals surface area contributed by atoms with Gasteiger partial charge in [0.15, 0.2) is 0 Å². The summed E-state index contributed by atoms with van der Waals surface area (Å²) in [5, 5.41) is 8.97. The summed E-state index contributed by atoms with van der Waals surface area (Å²) in [5.74, 6) is -1.35. The molecule has 1 unspecified atom stereocenters. The number of carbonyl (C=O) groups excluding carboxylic acids is 1. The summed E-state index contributed by atoms with van der Waals surface area (Å²) >= 11 is 0. The van der Waals surface area contributed by atoms with Gasteiger partial charge in [0.2, 0.25) is 5.91 Å². The first-order valence-electron chi connectivity index (χ1n) is 6.59. The van der Waals surface area contributed by atoms with E-state index in [9.17, 15) is 9.59 Å². The summed E-state index contributed by atoms with van der Waals surface area (Å²) in [7, 11) is 2.11. The molecule has 0 radical (unpaired) electrons. The Morgan fingerprint density at radius 1 is 1.44 bits per heavy atom. The van der Waals surface area contributed by atoms with Crippen molar-refractivity contribution in [3.8, 4) is 0 Å². The molecule has 0 aromatic carbocycles. The lowest BCUT2D eigenvalue weighted by Crippen LogP contribution is -2.44. The first-order valence-corrected chi connectivity index (χ1v) is 6.59. The van der Waals surface area contributed by atoms with Crippen LogP contribution in [0.4, 0.5) is 0 Å². The third kappa shape index (κ3) is 2.83. The summed E-state index contributed by atoms with van der Waals surface area (Å²) in [6, 6.07) is 0. The normalized spacial score (nSPS) is 28.7. The minimum atomic E-state index is -0.848. The van der Waals surface area contributed by atoms with Crippen LogP contribution < -0.4 is 0 Å². The molecule has 0 spiro atoms. The predicted molar refractivity (Wildman–Crippen MR) is 67.2 cm³/mol. The molecule has 5 nitrogen and oxygen atoms in total. The Labute approximate surface area is 108 Å². The van der Waals surface area contributed by atoms with E-state index in [4.69, 9.17) is 5.11 Å². The molecule has 0 aliphatic carbocycles. The highest BCUT2D eigenvalue weighted by atomic mass is 16.4. The molecule has 18 heavy (non-hydrogen) atoms. The van der Waals surface area contributed by atoms with Gasteiger partial charge in [0.05, 0.1) is 5.92 Å². The van der Waals surface area contributed by atoms with Crippen LogP contribution in [-0.2, 0) is 9.59 Å². The van der Waals surface area contributed by atoms with Gasteiger partial charge >= 0.3 is 5.97 Å². The van der Waals surface area contributed by atoms with Crippen LogP contribution in [0.3, 0.4) is 0 Å². The number of carboxylic acid groups (broad SMARTS) is 1. The van der Waals surface area contributed by atoms with Crippen molar-refractivity contribution in [3.05, 3.63) is 0 Å². The van der Waals surface area contributed by atoms with Crippen molar-refractivity contribution < 1.29 is 14.7 Å². The first-order chi connectivity index (χ1) is 8.39. The van der Waals surface area contributed by atoms with Crippen molar-refractivity contribution in [3.63, 3.8) is 0 Å². The zero-order valence-corrected chi connectivity index (χ0v) is 11.2. The minimum absolute atomic E-state index is 0.00236. The number of carboxylic acids is 1. The molecular weight excluding hydrogens is 232 g/mol. The van der Waals surface area contributed by atoms with Crippen LogP contribution >= 0.6 is 0 Å². The zero-order valence-electron chi connectivity index (χ0n) is 11.2. The number of likely N-dealkylation sites (tertiary alicyclic amines) is 2. The van der Waals surface area contributed by atoms with Crippen molar-refractivity contribution in [2.45, 2.75) is 26.2 Å². The van der Waals surface area contributed by atoms with E-state index in [-0.39, 0.29) is 17.7 Å². The third-order valence-electron chi connectivity index (χ3n) is 4.33. The quantitative estimate of drug-likeness (QED) is 0.803. The number of carbonyl (C=O) groups is 2. The second-order valence-electron chi connectivity index (χ2n) is 6.13. The second-order valence-corrected chi connectivity index (χ2v) is 6.13. The second kappa shape index (κ2) is 4.88. The molecule has 2 fully saturated rings. The Bertz CT molecular complexity index is 348. The molecule has 1 amide bonds.